The van der Waals surface area contributed by atoms with Gasteiger partial charge in [-0.1, -0.05) is 48.5 Å². The van der Waals surface area contributed by atoms with Gasteiger partial charge in [0, 0.05) is 29.9 Å². The third kappa shape index (κ3) is 5.54. The number of hydrogen-bond donors (Lipinski definition) is 1. The number of aromatic amines is 1. The molecule has 0 spiro atoms. The fourth-order valence-corrected chi connectivity index (χ4v) is 4.02. The summed E-state index contributed by atoms with van der Waals surface area (Å²) >= 11 is 0. The minimum absolute atomic E-state index is 0.180. The van der Waals surface area contributed by atoms with E-state index < -0.39 is 11.6 Å². The van der Waals surface area contributed by atoms with Gasteiger partial charge in [0.1, 0.15) is 17.9 Å². The maximum absolute atomic E-state index is 13.1. The number of ether oxygens (including phenoxy) is 3. The Kier molecular flexibility index (Phi) is 6.70. The number of nitrogens with one attached hydrogen (secondary N) is 1. The maximum Gasteiger partial charge on any atom is 0.410 e. The Balaban J connectivity index is 1.62. The van der Waals surface area contributed by atoms with Crippen molar-refractivity contribution < 1.29 is 23.8 Å². The highest BCUT2D eigenvalue weighted by Crippen LogP contribution is 2.32. The number of fused-ring (bicyclic) bond motifs is 1. The number of aromatic nitrogens is 1. The highest BCUT2D eigenvalue weighted by Gasteiger charge is 2.32. The molecule has 1 aliphatic heterocycles. The van der Waals surface area contributed by atoms with Gasteiger partial charge in [0.25, 0.3) is 0 Å². The van der Waals surface area contributed by atoms with Crippen molar-refractivity contribution in [1.29, 1.82) is 0 Å². The van der Waals surface area contributed by atoms with Crippen molar-refractivity contribution in [2.24, 2.45) is 0 Å². The van der Waals surface area contributed by atoms with Crippen LogP contribution in [0.5, 0.6) is 0 Å². The second kappa shape index (κ2) is 9.67. The van der Waals surface area contributed by atoms with E-state index in [0.717, 1.165) is 22.0 Å². The number of benzene rings is 2. The van der Waals surface area contributed by atoms with Gasteiger partial charge in [0.15, 0.2) is 0 Å². The topological polar surface area (TPSA) is 80.9 Å². The Hall–Kier alpha value is -3.32. The van der Waals surface area contributed by atoms with Crippen LogP contribution in [0.4, 0.5) is 4.79 Å². The van der Waals surface area contributed by atoms with Crippen LogP contribution < -0.4 is 0 Å². The summed E-state index contributed by atoms with van der Waals surface area (Å²) in [5.41, 5.74) is 2.36. The van der Waals surface area contributed by atoms with Crippen molar-refractivity contribution in [3.05, 3.63) is 71.4 Å². The molecule has 1 aromatic heterocycles. The fourth-order valence-electron chi connectivity index (χ4n) is 4.02. The normalized spacial score (nSPS) is 16.9. The molecule has 1 unspecified atom stereocenters. The Morgan fingerprint density at radius 1 is 1.09 bits per heavy atom. The van der Waals surface area contributed by atoms with Crippen molar-refractivity contribution in [2.45, 2.75) is 38.9 Å². The molecule has 0 bridgehead atoms. The summed E-state index contributed by atoms with van der Waals surface area (Å²) in [5, 5.41) is 0.920. The highest BCUT2D eigenvalue weighted by atomic mass is 16.6. The maximum atomic E-state index is 13.1. The van der Waals surface area contributed by atoms with E-state index in [2.05, 4.69) is 4.98 Å². The minimum Gasteiger partial charge on any atom is -0.456 e. The van der Waals surface area contributed by atoms with Gasteiger partial charge in [-0.2, -0.15) is 0 Å². The minimum atomic E-state index is -0.590. The zero-order valence-electron chi connectivity index (χ0n) is 19.3. The second-order valence-corrected chi connectivity index (χ2v) is 9.22. The second-order valence-electron chi connectivity index (χ2n) is 9.22. The van der Waals surface area contributed by atoms with Crippen LogP contribution in [-0.2, 0) is 20.8 Å². The SMILES string of the molecule is CC(C)(C)OC(=O)N1CCOCC(c2c(C(=O)OCc3ccccc3)[nH]c3ccccc23)C1. The summed E-state index contributed by atoms with van der Waals surface area (Å²) in [4.78, 5) is 30.8. The number of para-hydroxylation sites is 1. The molecule has 2 aromatic carbocycles. The van der Waals surface area contributed by atoms with Crippen molar-refractivity contribution in [1.82, 2.24) is 9.88 Å². The van der Waals surface area contributed by atoms with E-state index in [1.165, 1.54) is 0 Å². The number of nitrogens with zero attached hydrogens (tertiary/aromatic N) is 1. The lowest BCUT2D eigenvalue weighted by atomic mass is 9.96. The van der Waals surface area contributed by atoms with Crippen LogP contribution in [0.2, 0.25) is 0 Å². The first-order valence-corrected chi connectivity index (χ1v) is 11.2. The molecular weight excluding hydrogens is 420 g/mol. The van der Waals surface area contributed by atoms with Gasteiger partial charge in [0.2, 0.25) is 0 Å². The Bertz CT molecular complexity index is 1120. The van der Waals surface area contributed by atoms with Crippen LogP contribution in [0.1, 0.15) is 48.3 Å². The van der Waals surface area contributed by atoms with E-state index in [1.807, 2.05) is 75.4 Å². The lowest BCUT2D eigenvalue weighted by Crippen LogP contribution is -2.39. The van der Waals surface area contributed by atoms with Crippen molar-refractivity contribution in [2.75, 3.05) is 26.3 Å². The lowest BCUT2D eigenvalue weighted by Gasteiger charge is -2.28. The van der Waals surface area contributed by atoms with Crippen molar-refractivity contribution in [3.8, 4) is 0 Å². The molecule has 7 nitrogen and oxygen atoms in total. The lowest BCUT2D eigenvalue weighted by molar-refractivity contribution is 0.0240. The number of carbonyl (C=O) groups is 2. The van der Waals surface area contributed by atoms with E-state index in [4.69, 9.17) is 14.2 Å². The Morgan fingerprint density at radius 2 is 1.82 bits per heavy atom. The predicted octanol–water partition coefficient (Wildman–Crippen LogP) is 4.88. The van der Waals surface area contributed by atoms with Gasteiger partial charge in [0.05, 0.1) is 13.2 Å². The highest BCUT2D eigenvalue weighted by molar-refractivity contribution is 5.98. The van der Waals surface area contributed by atoms with Gasteiger partial charge in [-0.3, -0.25) is 0 Å². The first-order valence-electron chi connectivity index (χ1n) is 11.2. The van der Waals surface area contributed by atoms with E-state index in [-0.39, 0.29) is 18.6 Å². The monoisotopic (exact) mass is 450 g/mol. The number of carbonyl (C=O) groups excluding carboxylic acids is 2. The Morgan fingerprint density at radius 3 is 2.58 bits per heavy atom. The van der Waals surface area contributed by atoms with Gasteiger partial charge in [-0.05, 0) is 38.0 Å². The number of rotatable bonds is 4. The molecule has 0 saturated carbocycles. The van der Waals surface area contributed by atoms with Crippen LogP contribution in [0.25, 0.3) is 10.9 Å². The molecule has 174 valence electrons. The van der Waals surface area contributed by atoms with Crippen LogP contribution in [0.15, 0.2) is 54.6 Å². The summed E-state index contributed by atoms with van der Waals surface area (Å²) in [6, 6.07) is 17.3. The molecule has 33 heavy (non-hydrogen) atoms. The smallest absolute Gasteiger partial charge is 0.410 e. The molecule has 2 heterocycles. The van der Waals surface area contributed by atoms with Crippen LogP contribution in [-0.4, -0.2) is 53.9 Å². The predicted molar refractivity (Wildman–Crippen MR) is 125 cm³/mol. The third-order valence-electron chi connectivity index (χ3n) is 5.49. The molecule has 4 rings (SSSR count). The van der Waals surface area contributed by atoms with Gasteiger partial charge in [-0.15, -0.1) is 0 Å². The summed E-state index contributed by atoms with van der Waals surface area (Å²) in [6.07, 6.45) is -0.383. The first-order chi connectivity index (χ1) is 15.8. The van der Waals surface area contributed by atoms with Crippen LogP contribution in [0, 0.1) is 0 Å². The molecule has 3 aromatic rings. The number of hydrogen-bond acceptors (Lipinski definition) is 5. The van der Waals surface area contributed by atoms with Crippen LogP contribution in [0.3, 0.4) is 0 Å². The standard InChI is InChI=1S/C26H30N2O5/c1-26(2,3)33-25(30)28-13-14-31-17-19(15-28)22-20-11-7-8-12-21(20)27-23(22)24(29)32-16-18-9-5-4-6-10-18/h4-12,19,27H,13-17H2,1-3H3. The van der Waals surface area contributed by atoms with Crippen LogP contribution >= 0.6 is 0 Å². The number of esters is 1. The molecule has 1 N–H and O–H groups in total. The van der Waals surface area contributed by atoms with Crippen molar-refractivity contribution >= 4 is 23.0 Å². The number of H-pyrrole nitrogens is 1. The quantitative estimate of drug-likeness (QED) is 0.573. The molecule has 0 radical (unpaired) electrons. The average Bonchev–Trinajstić information content (AvgIpc) is 3.00. The van der Waals surface area contributed by atoms with Gasteiger partial charge < -0.3 is 24.1 Å². The van der Waals surface area contributed by atoms with Crippen molar-refractivity contribution in [3.63, 3.8) is 0 Å². The third-order valence-corrected chi connectivity index (χ3v) is 5.49. The molecule has 1 amide bonds. The Labute approximate surface area is 193 Å². The zero-order chi connectivity index (χ0) is 23.4. The molecule has 1 atom stereocenters. The summed E-state index contributed by atoms with van der Waals surface area (Å²) in [5.74, 6) is -0.645. The number of amides is 1. The largest absolute Gasteiger partial charge is 0.456 e. The molecular formula is C26H30N2O5. The first kappa shape index (κ1) is 22.9. The zero-order valence-corrected chi connectivity index (χ0v) is 19.3. The summed E-state index contributed by atoms with van der Waals surface area (Å²) in [6.45, 7) is 7.33. The molecule has 1 aliphatic rings. The van der Waals surface area contributed by atoms with E-state index in [1.54, 1.807) is 4.90 Å². The molecule has 1 saturated heterocycles. The summed E-state index contributed by atoms with van der Waals surface area (Å²) < 4.78 is 17.1. The summed E-state index contributed by atoms with van der Waals surface area (Å²) in [7, 11) is 0. The molecule has 0 aliphatic carbocycles. The van der Waals surface area contributed by atoms with E-state index >= 15 is 0 Å². The fraction of sp³-hybridized carbons (Fsp3) is 0.385. The average molecular weight is 451 g/mol. The van der Waals surface area contributed by atoms with E-state index in [9.17, 15) is 9.59 Å². The molecule has 7 heteroatoms. The van der Waals surface area contributed by atoms with Gasteiger partial charge >= 0.3 is 12.1 Å². The van der Waals surface area contributed by atoms with E-state index in [0.29, 0.717) is 32.0 Å². The van der Waals surface area contributed by atoms with Gasteiger partial charge in [-0.25, -0.2) is 9.59 Å². The molecule has 1 fully saturated rings.